The van der Waals surface area contributed by atoms with Gasteiger partial charge in [-0.15, -0.1) is 13.2 Å². The lowest BCUT2D eigenvalue weighted by Crippen LogP contribution is -2.23. The summed E-state index contributed by atoms with van der Waals surface area (Å²) in [7, 11) is 1.48. The van der Waals surface area contributed by atoms with Gasteiger partial charge in [0.25, 0.3) is 0 Å². The number of halogens is 4. The van der Waals surface area contributed by atoms with E-state index in [4.69, 9.17) is 14.6 Å². The smallest absolute Gasteiger partial charge is 0.497 e. The summed E-state index contributed by atoms with van der Waals surface area (Å²) in [5.41, 5.74) is 0.992. The highest BCUT2D eigenvalue weighted by atomic mass is 19.4. The molecule has 0 fully saturated rings. The van der Waals surface area contributed by atoms with E-state index in [2.05, 4.69) is 4.74 Å². The van der Waals surface area contributed by atoms with Crippen LogP contribution in [-0.4, -0.2) is 41.0 Å². The molecule has 1 N–H and O–H groups in total. The first-order chi connectivity index (χ1) is 17.9. The second kappa shape index (κ2) is 10.1. The molecule has 3 aromatic carbocycles. The van der Waals surface area contributed by atoms with Gasteiger partial charge in [-0.05, 0) is 56.3 Å². The van der Waals surface area contributed by atoms with E-state index in [0.717, 1.165) is 24.3 Å². The van der Waals surface area contributed by atoms with Crippen molar-refractivity contribution in [3.05, 3.63) is 83.3 Å². The predicted octanol–water partition coefficient (Wildman–Crippen LogP) is 6.07. The second-order valence-corrected chi connectivity index (χ2v) is 8.32. The molecule has 0 bridgehead atoms. The van der Waals surface area contributed by atoms with E-state index in [0.29, 0.717) is 22.4 Å². The van der Waals surface area contributed by atoms with Gasteiger partial charge in [-0.2, -0.15) is 0 Å². The Bertz CT molecular complexity index is 1530. The predicted molar refractivity (Wildman–Crippen MR) is 129 cm³/mol. The van der Waals surface area contributed by atoms with Gasteiger partial charge < -0.3 is 23.9 Å². The first-order valence-corrected chi connectivity index (χ1v) is 11.2. The van der Waals surface area contributed by atoms with Crippen LogP contribution in [0, 0.1) is 12.7 Å². The van der Waals surface area contributed by atoms with Gasteiger partial charge in [0.1, 0.15) is 23.1 Å². The number of hydrogen-bond donors (Lipinski definition) is 1. The van der Waals surface area contributed by atoms with Crippen LogP contribution in [0.25, 0.3) is 16.6 Å². The topological polar surface area (TPSA) is 87.0 Å². The molecule has 0 saturated heterocycles. The van der Waals surface area contributed by atoms with Crippen LogP contribution >= 0.6 is 0 Å². The van der Waals surface area contributed by atoms with Gasteiger partial charge in [0, 0.05) is 34.8 Å². The summed E-state index contributed by atoms with van der Waals surface area (Å²) in [6.07, 6.45) is -6.26. The molecule has 0 amide bonds. The number of carbonyl (C=O) groups excluding carboxylic acids is 1. The number of carboxylic acid groups (broad SMARTS) is 1. The Labute approximate surface area is 213 Å². The number of benzene rings is 3. The fourth-order valence-electron chi connectivity index (χ4n) is 4.10. The number of nitrogens with zero attached hydrogens (tertiary/aromatic N) is 1. The van der Waals surface area contributed by atoms with Crippen LogP contribution in [0.2, 0.25) is 0 Å². The van der Waals surface area contributed by atoms with Crippen LogP contribution in [0.5, 0.6) is 17.2 Å². The van der Waals surface area contributed by atoms with Crippen molar-refractivity contribution < 1.29 is 46.5 Å². The molecule has 0 aliphatic carbocycles. The van der Waals surface area contributed by atoms with Crippen molar-refractivity contribution in [3.63, 3.8) is 0 Å². The van der Waals surface area contributed by atoms with Crippen LogP contribution in [-0.2, 0) is 4.79 Å². The molecule has 7 nitrogen and oxygen atoms in total. The summed E-state index contributed by atoms with van der Waals surface area (Å²) >= 11 is 0. The molecule has 0 radical (unpaired) electrons. The van der Waals surface area contributed by atoms with E-state index in [1.807, 2.05) is 0 Å². The summed E-state index contributed by atoms with van der Waals surface area (Å²) in [4.78, 5) is 24.8. The Morgan fingerprint density at radius 3 is 2.21 bits per heavy atom. The molecule has 4 rings (SSSR count). The maximum atomic E-state index is 14.6. The quantitative estimate of drug-likeness (QED) is 0.220. The first-order valence-electron chi connectivity index (χ1n) is 11.2. The zero-order chi connectivity index (χ0) is 27.8. The molecule has 0 aliphatic heterocycles. The van der Waals surface area contributed by atoms with Crippen LogP contribution in [0.1, 0.15) is 28.5 Å². The number of hydrogen-bond acceptors (Lipinski definition) is 5. The Morgan fingerprint density at radius 1 is 0.947 bits per heavy atom. The van der Waals surface area contributed by atoms with Gasteiger partial charge in [0.2, 0.25) is 0 Å². The summed E-state index contributed by atoms with van der Waals surface area (Å²) < 4.78 is 69.3. The lowest BCUT2D eigenvalue weighted by Gasteiger charge is -2.15. The zero-order valence-electron chi connectivity index (χ0n) is 20.3. The number of carbonyl (C=O) groups is 2. The number of fused-ring (bicyclic) bond motifs is 1. The minimum Gasteiger partial charge on any atom is -0.497 e. The van der Waals surface area contributed by atoms with Crippen molar-refractivity contribution in [2.75, 3.05) is 7.11 Å². The monoisotopic (exact) mass is 531 g/mol. The third-order valence-electron chi connectivity index (χ3n) is 5.76. The molecule has 0 saturated carbocycles. The Morgan fingerprint density at radius 2 is 1.61 bits per heavy atom. The summed E-state index contributed by atoms with van der Waals surface area (Å²) in [6.45, 7) is 2.82. The van der Waals surface area contributed by atoms with E-state index in [1.165, 1.54) is 30.7 Å². The maximum Gasteiger partial charge on any atom is 0.573 e. The number of methoxy groups -OCH3 is 1. The minimum absolute atomic E-state index is 0.0954. The number of carboxylic acids is 1. The van der Waals surface area contributed by atoms with Crippen molar-refractivity contribution in [2.45, 2.75) is 26.3 Å². The molecule has 198 valence electrons. The summed E-state index contributed by atoms with van der Waals surface area (Å²) in [5, 5.41) is 9.43. The standard InChI is InChI=1S/C27H21F4NO6/c1-14-24(25(33)16-4-6-19(36-3)7-5-16)22-9-8-20(38-27(29,30)31)13-23(22)32(14)18-10-17(28)11-21(12-18)37-15(2)26(34)35/h4-13,15H,1-3H3,(H,34,35). The lowest BCUT2D eigenvalue weighted by atomic mass is 10.0. The first kappa shape index (κ1) is 26.5. The molecule has 11 heteroatoms. The van der Waals surface area contributed by atoms with Gasteiger partial charge in [0.15, 0.2) is 11.9 Å². The molecular weight excluding hydrogens is 510 g/mol. The van der Waals surface area contributed by atoms with Crippen molar-refractivity contribution in [1.82, 2.24) is 4.57 Å². The van der Waals surface area contributed by atoms with E-state index in [1.54, 1.807) is 31.2 Å². The highest BCUT2D eigenvalue weighted by Gasteiger charge is 2.32. The van der Waals surface area contributed by atoms with Crippen LogP contribution in [0.4, 0.5) is 17.6 Å². The maximum absolute atomic E-state index is 14.6. The van der Waals surface area contributed by atoms with Crippen LogP contribution < -0.4 is 14.2 Å². The van der Waals surface area contributed by atoms with Gasteiger partial charge in [-0.25, -0.2) is 9.18 Å². The van der Waals surface area contributed by atoms with Crippen molar-refractivity contribution in [1.29, 1.82) is 0 Å². The average molecular weight is 531 g/mol. The van der Waals surface area contributed by atoms with E-state index in [-0.39, 0.29) is 22.5 Å². The SMILES string of the molecule is COc1ccc(C(=O)c2c(C)n(-c3cc(F)cc(OC(C)C(=O)O)c3)c3cc(OC(F)(F)F)ccc23)cc1. The normalized spacial score (nSPS) is 12.3. The van der Waals surface area contributed by atoms with E-state index < -0.39 is 35.8 Å². The van der Waals surface area contributed by atoms with Crippen molar-refractivity contribution in [2.24, 2.45) is 0 Å². The fraction of sp³-hybridized carbons (Fsp3) is 0.185. The summed E-state index contributed by atoms with van der Waals surface area (Å²) in [5.74, 6) is -2.63. The molecular formula is C27H21F4NO6. The molecule has 1 unspecified atom stereocenters. The second-order valence-electron chi connectivity index (χ2n) is 8.32. The molecule has 1 atom stereocenters. The Kier molecular flexibility index (Phi) is 7.03. The largest absolute Gasteiger partial charge is 0.573 e. The average Bonchev–Trinajstić information content (AvgIpc) is 3.13. The fourth-order valence-corrected chi connectivity index (χ4v) is 4.10. The number of aliphatic carboxylic acids is 1. The lowest BCUT2D eigenvalue weighted by molar-refractivity contribution is -0.274. The van der Waals surface area contributed by atoms with Gasteiger partial charge >= 0.3 is 12.3 Å². The minimum atomic E-state index is -4.96. The molecule has 0 aliphatic rings. The van der Waals surface area contributed by atoms with Crippen LogP contribution in [0.15, 0.2) is 60.7 Å². The number of alkyl halides is 3. The third kappa shape index (κ3) is 5.41. The molecule has 0 spiro atoms. The highest BCUT2D eigenvalue weighted by molar-refractivity contribution is 6.18. The van der Waals surface area contributed by atoms with E-state index >= 15 is 0 Å². The van der Waals surface area contributed by atoms with Crippen molar-refractivity contribution in [3.8, 4) is 22.9 Å². The third-order valence-corrected chi connectivity index (χ3v) is 5.76. The molecule has 1 heterocycles. The molecule has 1 aromatic heterocycles. The molecule has 4 aromatic rings. The van der Waals surface area contributed by atoms with E-state index in [9.17, 15) is 27.2 Å². The number of ketones is 1. The summed E-state index contributed by atoms with van der Waals surface area (Å²) in [6, 6.07) is 13.2. The Balaban J connectivity index is 1.94. The Hall–Kier alpha value is -4.54. The van der Waals surface area contributed by atoms with Gasteiger partial charge in [-0.1, -0.05) is 0 Å². The van der Waals surface area contributed by atoms with Gasteiger partial charge in [0.05, 0.1) is 23.9 Å². The van der Waals surface area contributed by atoms with Crippen molar-refractivity contribution >= 4 is 22.7 Å². The zero-order valence-corrected chi connectivity index (χ0v) is 20.3. The number of ether oxygens (including phenoxy) is 3. The van der Waals surface area contributed by atoms with Crippen LogP contribution in [0.3, 0.4) is 0 Å². The highest BCUT2D eigenvalue weighted by Crippen LogP contribution is 2.36. The number of aromatic nitrogens is 1. The number of rotatable bonds is 8. The van der Waals surface area contributed by atoms with Gasteiger partial charge in [-0.3, -0.25) is 4.79 Å². The molecule has 38 heavy (non-hydrogen) atoms.